The molecule has 15 heavy (non-hydrogen) atoms. The number of ketones is 1. The molecule has 0 N–H and O–H groups in total. The number of rotatable bonds is 4. The molecule has 0 aliphatic carbocycles. The third-order valence-corrected chi connectivity index (χ3v) is 2.20. The predicted octanol–water partition coefficient (Wildman–Crippen LogP) is 1.65. The second-order valence-electron chi connectivity index (χ2n) is 3.13. The minimum Gasteiger partial charge on any atom is -0.469 e. The number of methoxy groups -OCH3 is 1. The van der Waals surface area contributed by atoms with Crippen LogP contribution in [0.1, 0.15) is 12.0 Å². The molecule has 0 bridgehead atoms. The molecule has 0 saturated carbocycles. The Hall–Kier alpha value is -1.29. The van der Waals surface area contributed by atoms with Crippen LogP contribution in [0.2, 0.25) is 0 Å². The normalized spacial score (nSPS) is 9.73. The standard InChI is InChI=1S/C11H12O3S/c1-14-11(13)7-9(12)6-8-2-4-10(15)5-3-8/h2-5,15H,6-7H2,1H3. The van der Waals surface area contributed by atoms with E-state index in [1.165, 1.54) is 7.11 Å². The summed E-state index contributed by atoms with van der Waals surface area (Å²) in [6.07, 6.45) is 0.0856. The lowest BCUT2D eigenvalue weighted by Gasteiger charge is -2.00. The molecule has 0 spiro atoms. The van der Waals surface area contributed by atoms with Gasteiger partial charge in [0.2, 0.25) is 0 Å². The SMILES string of the molecule is COC(=O)CC(=O)Cc1ccc(S)cc1. The van der Waals surface area contributed by atoms with Crippen LogP contribution in [0, 0.1) is 0 Å². The molecule has 0 heterocycles. The van der Waals surface area contributed by atoms with Crippen LogP contribution in [0.4, 0.5) is 0 Å². The van der Waals surface area contributed by atoms with E-state index < -0.39 is 5.97 Å². The largest absolute Gasteiger partial charge is 0.469 e. The summed E-state index contributed by atoms with van der Waals surface area (Å²) in [6.45, 7) is 0. The number of carbonyl (C=O) groups is 2. The number of hydrogen-bond donors (Lipinski definition) is 1. The highest BCUT2D eigenvalue weighted by atomic mass is 32.1. The van der Waals surface area contributed by atoms with E-state index in [-0.39, 0.29) is 18.6 Å². The maximum Gasteiger partial charge on any atom is 0.313 e. The summed E-state index contributed by atoms with van der Waals surface area (Å²) in [7, 11) is 1.27. The number of esters is 1. The molecular formula is C11H12O3S. The van der Waals surface area contributed by atoms with Crippen LogP contribution < -0.4 is 0 Å². The smallest absolute Gasteiger partial charge is 0.313 e. The molecule has 80 valence electrons. The predicted molar refractivity (Wildman–Crippen MR) is 59.0 cm³/mol. The summed E-state index contributed by atoms with van der Waals surface area (Å²) in [5.41, 5.74) is 0.877. The molecule has 1 aromatic carbocycles. The fraction of sp³-hybridized carbons (Fsp3) is 0.273. The minimum atomic E-state index is -0.495. The Balaban J connectivity index is 2.51. The van der Waals surface area contributed by atoms with E-state index in [4.69, 9.17) is 0 Å². The maximum absolute atomic E-state index is 11.3. The van der Waals surface area contributed by atoms with Crippen LogP contribution in [-0.2, 0) is 20.7 Å². The second kappa shape index (κ2) is 5.56. The van der Waals surface area contributed by atoms with E-state index in [1.807, 2.05) is 24.3 Å². The maximum atomic E-state index is 11.3. The molecule has 0 aliphatic rings. The first kappa shape index (κ1) is 11.8. The molecule has 4 heteroatoms. The van der Waals surface area contributed by atoms with Gasteiger partial charge in [0.05, 0.1) is 7.11 Å². The molecule has 0 aliphatic heterocycles. The van der Waals surface area contributed by atoms with Gasteiger partial charge in [-0.15, -0.1) is 12.6 Å². The Kier molecular flexibility index (Phi) is 4.37. The monoisotopic (exact) mass is 224 g/mol. The third-order valence-electron chi connectivity index (χ3n) is 1.91. The van der Waals surface area contributed by atoms with Crippen molar-refractivity contribution in [3.8, 4) is 0 Å². The van der Waals surface area contributed by atoms with E-state index in [2.05, 4.69) is 17.4 Å². The molecular weight excluding hydrogens is 212 g/mol. The van der Waals surface area contributed by atoms with Crippen molar-refractivity contribution in [1.82, 2.24) is 0 Å². The van der Waals surface area contributed by atoms with Gasteiger partial charge in [-0.05, 0) is 17.7 Å². The van der Waals surface area contributed by atoms with Crippen LogP contribution in [-0.4, -0.2) is 18.9 Å². The Morgan fingerprint density at radius 1 is 1.27 bits per heavy atom. The summed E-state index contributed by atoms with van der Waals surface area (Å²) in [6, 6.07) is 7.25. The van der Waals surface area contributed by atoms with Crippen LogP contribution in [0.5, 0.6) is 0 Å². The summed E-state index contributed by atoms with van der Waals surface area (Å²) in [4.78, 5) is 23.0. The van der Waals surface area contributed by atoms with E-state index >= 15 is 0 Å². The topological polar surface area (TPSA) is 43.4 Å². The minimum absolute atomic E-state index is 0.145. The van der Waals surface area contributed by atoms with Gasteiger partial charge in [-0.2, -0.15) is 0 Å². The van der Waals surface area contributed by atoms with Crippen LogP contribution in [0.15, 0.2) is 29.2 Å². The van der Waals surface area contributed by atoms with Gasteiger partial charge in [-0.1, -0.05) is 12.1 Å². The van der Waals surface area contributed by atoms with Crippen molar-refractivity contribution in [2.45, 2.75) is 17.7 Å². The first-order valence-electron chi connectivity index (χ1n) is 4.48. The first-order chi connectivity index (χ1) is 7.11. The van der Waals surface area contributed by atoms with Gasteiger partial charge < -0.3 is 4.74 Å². The van der Waals surface area contributed by atoms with Crippen LogP contribution in [0.3, 0.4) is 0 Å². The molecule has 0 radical (unpaired) electrons. The van der Waals surface area contributed by atoms with Gasteiger partial charge in [0.25, 0.3) is 0 Å². The van der Waals surface area contributed by atoms with Crippen LogP contribution in [0.25, 0.3) is 0 Å². The number of ether oxygens (including phenoxy) is 1. The van der Waals surface area contributed by atoms with Crippen molar-refractivity contribution >= 4 is 24.4 Å². The van der Waals surface area contributed by atoms with Gasteiger partial charge in [-0.25, -0.2) is 0 Å². The zero-order chi connectivity index (χ0) is 11.3. The van der Waals surface area contributed by atoms with Crippen molar-refractivity contribution < 1.29 is 14.3 Å². The zero-order valence-electron chi connectivity index (χ0n) is 8.40. The number of hydrogen-bond acceptors (Lipinski definition) is 4. The van der Waals surface area contributed by atoms with Crippen molar-refractivity contribution in [3.05, 3.63) is 29.8 Å². The summed E-state index contributed by atoms with van der Waals surface area (Å²) < 4.78 is 4.41. The average Bonchev–Trinajstić information content (AvgIpc) is 2.21. The molecule has 0 amide bonds. The summed E-state index contributed by atoms with van der Waals surface area (Å²) in [5, 5.41) is 0. The molecule has 0 fully saturated rings. The van der Waals surface area contributed by atoms with Crippen molar-refractivity contribution in [3.63, 3.8) is 0 Å². The Bertz CT molecular complexity index is 357. The fourth-order valence-electron chi connectivity index (χ4n) is 1.14. The van der Waals surface area contributed by atoms with Gasteiger partial charge in [0.15, 0.2) is 0 Å². The zero-order valence-corrected chi connectivity index (χ0v) is 9.29. The van der Waals surface area contributed by atoms with Crippen molar-refractivity contribution in [1.29, 1.82) is 0 Å². The van der Waals surface area contributed by atoms with Crippen LogP contribution >= 0.6 is 12.6 Å². The lowest BCUT2D eigenvalue weighted by atomic mass is 10.1. The van der Waals surface area contributed by atoms with Gasteiger partial charge in [0, 0.05) is 11.3 Å². The molecule has 0 atom stereocenters. The Morgan fingerprint density at radius 2 is 1.87 bits per heavy atom. The Labute approximate surface area is 93.8 Å². The van der Waals surface area contributed by atoms with E-state index in [0.717, 1.165) is 10.5 Å². The number of thiol groups is 1. The van der Waals surface area contributed by atoms with E-state index in [1.54, 1.807) is 0 Å². The molecule has 0 aromatic heterocycles. The molecule has 0 unspecified atom stereocenters. The summed E-state index contributed by atoms with van der Waals surface area (Å²) >= 11 is 4.13. The van der Waals surface area contributed by atoms with Crippen molar-refractivity contribution in [2.24, 2.45) is 0 Å². The van der Waals surface area contributed by atoms with Gasteiger partial charge in [-0.3, -0.25) is 9.59 Å². The number of Topliss-reactive ketones (excluding diaryl/α,β-unsaturated/α-hetero) is 1. The first-order valence-corrected chi connectivity index (χ1v) is 4.93. The quantitative estimate of drug-likeness (QED) is 0.480. The molecule has 1 aromatic rings. The van der Waals surface area contributed by atoms with Gasteiger partial charge in [0.1, 0.15) is 12.2 Å². The van der Waals surface area contributed by atoms with Gasteiger partial charge >= 0.3 is 5.97 Å². The highest BCUT2D eigenvalue weighted by Gasteiger charge is 2.09. The third kappa shape index (κ3) is 4.16. The van der Waals surface area contributed by atoms with Crippen molar-refractivity contribution in [2.75, 3.05) is 7.11 Å². The highest BCUT2D eigenvalue weighted by Crippen LogP contribution is 2.09. The summed E-state index contributed by atoms with van der Waals surface area (Å²) in [5.74, 6) is -0.639. The fourth-order valence-corrected chi connectivity index (χ4v) is 1.29. The second-order valence-corrected chi connectivity index (χ2v) is 3.65. The molecule has 3 nitrogen and oxygen atoms in total. The highest BCUT2D eigenvalue weighted by molar-refractivity contribution is 7.80. The van der Waals surface area contributed by atoms with E-state index in [0.29, 0.717) is 0 Å². The molecule has 0 saturated heterocycles. The number of benzene rings is 1. The number of carbonyl (C=O) groups excluding carboxylic acids is 2. The Morgan fingerprint density at radius 3 is 2.40 bits per heavy atom. The molecule has 1 rings (SSSR count). The average molecular weight is 224 g/mol. The lowest BCUT2D eigenvalue weighted by molar-refractivity contribution is -0.143. The lowest BCUT2D eigenvalue weighted by Crippen LogP contribution is -2.11. The van der Waals surface area contributed by atoms with E-state index in [9.17, 15) is 9.59 Å².